The van der Waals surface area contributed by atoms with Crippen LogP contribution in [-0.2, 0) is 6.42 Å². The fourth-order valence-electron chi connectivity index (χ4n) is 1.47. The Balaban J connectivity index is 2.30. The van der Waals surface area contributed by atoms with Gasteiger partial charge in [0.15, 0.2) is 0 Å². The number of aromatic nitrogens is 2. The van der Waals surface area contributed by atoms with Crippen LogP contribution in [-0.4, -0.2) is 9.97 Å². The van der Waals surface area contributed by atoms with Gasteiger partial charge >= 0.3 is 0 Å². The number of benzene rings is 1. The number of halogens is 2. The van der Waals surface area contributed by atoms with Gasteiger partial charge in [-0.1, -0.05) is 30.1 Å². The lowest BCUT2D eigenvalue weighted by molar-refractivity contribution is 0.948. The van der Waals surface area contributed by atoms with Crippen LogP contribution in [0.25, 0.3) is 0 Å². The molecule has 0 fully saturated rings. The number of nitrogens with one attached hydrogen (secondary N) is 1. The summed E-state index contributed by atoms with van der Waals surface area (Å²) in [5.74, 6) is 1.72. The number of rotatable bonds is 3. The van der Waals surface area contributed by atoms with Gasteiger partial charge in [-0.05, 0) is 18.2 Å². The number of nitrogens with two attached hydrogens (primary N) is 1. The summed E-state index contributed by atoms with van der Waals surface area (Å²) in [6.45, 7) is 1.97. The Hall–Kier alpha value is -1.52. The number of aryl methyl sites for hydroxylation is 1. The summed E-state index contributed by atoms with van der Waals surface area (Å²) in [6.07, 6.45) is 0.716. The third-order valence-electron chi connectivity index (χ3n) is 2.30. The monoisotopic (exact) mass is 282 g/mol. The zero-order chi connectivity index (χ0) is 13.1. The minimum Gasteiger partial charge on any atom is -0.384 e. The Morgan fingerprint density at radius 2 is 2.00 bits per heavy atom. The highest BCUT2D eigenvalue weighted by molar-refractivity contribution is 6.36. The standard InChI is InChI=1S/C12H12Cl2N4/c1-2-11-17-10(15)6-12(18-11)16-9-4-3-7(13)5-8(9)14/h3-6H,2H2,1H3,(H3,15,16,17,18). The smallest absolute Gasteiger partial charge is 0.136 e. The maximum absolute atomic E-state index is 6.07. The Morgan fingerprint density at radius 1 is 1.22 bits per heavy atom. The number of nitrogen functional groups attached to an aromatic ring is 1. The third-order valence-corrected chi connectivity index (χ3v) is 2.85. The molecule has 6 heteroatoms. The topological polar surface area (TPSA) is 63.8 Å². The minimum absolute atomic E-state index is 0.425. The van der Waals surface area contributed by atoms with Crippen molar-refractivity contribution in [1.29, 1.82) is 0 Å². The number of nitrogens with zero attached hydrogens (tertiary/aromatic N) is 2. The summed E-state index contributed by atoms with van der Waals surface area (Å²) in [6, 6.07) is 6.86. The summed E-state index contributed by atoms with van der Waals surface area (Å²) in [4.78, 5) is 8.42. The first-order valence-corrected chi connectivity index (χ1v) is 6.19. The molecule has 0 saturated carbocycles. The van der Waals surface area contributed by atoms with Gasteiger partial charge in [0.1, 0.15) is 17.5 Å². The number of anilines is 3. The van der Waals surface area contributed by atoms with E-state index in [0.29, 0.717) is 33.9 Å². The highest BCUT2D eigenvalue weighted by Crippen LogP contribution is 2.27. The van der Waals surface area contributed by atoms with Gasteiger partial charge in [-0.25, -0.2) is 9.97 Å². The predicted octanol–water partition coefficient (Wildman–Crippen LogP) is 3.67. The van der Waals surface area contributed by atoms with Crippen LogP contribution in [0.5, 0.6) is 0 Å². The van der Waals surface area contributed by atoms with Crippen LogP contribution in [0.15, 0.2) is 24.3 Å². The van der Waals surface area contributed by atoms with Crippen LogP contribution in [0.1, 0.15) is 12.7 Å². The van der Waals surface area contributed by atoms with Crippen molar-refractivity contribution in [3.8, 4) is 0 Å². The molecule has 3 N–H and O–H groups in total. The predicted molar refractivity (Wildman–Crippen MR) is 75.6 cm³/mol. The van der Waals surface area contributed by atoms with Gasteiger partial charge < -0.3 is 11.1 Å². The first-order chi connectivity index (χ1) is 8.58. The van der Waals surface area contributed by atoms with E-state index in [1.165, 1.54) is 0 Å². The van der Waals surface area contributed by atoms with Gasteiger partial charge in [0.05, 0.1) is 10.7 Å². The van der Waals surface area contributed by atoms with Crippen LogP contribution >= 0.6 is 23.2 Å². The summed E-state index contributed by atoms with van der Waals surface area (Å²) in [5.41, 5.74) is 6.43. The van der Waals surface area contributed by atoms with Crippen molar-refractivity contribution in [3.63, 3.8) is 0 Å². The van der Waals surface area contributed by atoms with E-state index < -0.39 is 0 Å². The second-order valence-corrected chi connectivity index (χ2v) is 4.54. The molecule has 1 heterocycles. The third kappa shape index (κ3) is 3.03. The van der Waals surface area contributed by atoms with Crippen molar-refractivity contribution >= 4 is 40.5 Å². The minimum atomic E-state index is 0.425. The highest BCUT2D eigenvalue weighted by atomic mass is 35.5. The fourth-order valence-corrected chi connectivity index (χ4v) is 1.92. The van der Waals surface area contributed by atoms with E-state index >= 15 is 0 Å². The second kappa shape index (κ2) is 5.42. The maximum atomic E-state index is 6.07. The number of hydrogen-bond donors (Lipinski definition) is 2. The fraction of sp³-hybridized carbons (Fsp3) is 0.167. The highest BCUT2D eigenvalue weighted by Gasteiger charge is 2.05. The molecule has 0 saturated heterocycles. The quantitative estimate of drug-likeness (QED) is 0.902. The SMILES string of the molecule is CCc1nc(N)cc(Nc2ccc(Cl)cc2Cl)n1. The number of hydrogen-bond acceptors (Lipinski definition) is 4. The molecule has 4 nitrogen and oxygen atoms in total. The molecule has 0 spiro atoms. The van der Waals surface area contributed by atoms with Crippen molar-refractivity contribution < 1.29 is 0 Å². The van der Waals surface area contributed by atoms with E-state index in [2.05, 4.69) is 15.3 Å². The molecule has 0 aliphatic rings. The van der Waals surface area contributed by atoms with Crippen LogP contribution < -0.4 is 11.1 Å². The Morgan fingerprint density at radius 3 is 2.67 bits per heavy atom. The van der Waals surface area contributed by atoms with Crippen LogP contribution in [0.4, 0.5) is 17.3 Å². The average molecular weight is 283 g/mol. The molecule has 2 rings (SSSR count). The molecule has 0 unspecified atom stereocenters. The lowest BCUT2D eigenvalue weighted by Gasteiger charge is -2.09. The summed E-state index contributed by atoms with van der Waals surface area (Å²) in [7, 11) is 0. The summed E-state index contributed by atoms with van der Waals surface area (Å²) >= 11 is 11.9. The van der Waals surface area contributed by atoms with Crippen molar-refractivity contribution in [1.82, 2.24) is 9.97 Å². The largest absolute Gasteiger partial charge is 0.384 e. The second-order valence-electron chi connectivity index (χ2n) is 3.70. The van der Waals surface area contributed by atoms with Gasteiger partial charge in [0, 0.05) is 17.5 Å². The summed E-state index contributed by atoms with van der Waals surface area (Å²) in [5, 5.41) is 4.20. The van der Waals surface area contributed by atoms with Gasteiger partial charge in [-0.3, -0.25) is 0 Å². The summed E-state index contributed by atoms with van der Waals surface area (Å²) < 4.78 is 0. The van der Waals surface area contributed by atoms with Gasteiger partial charge in [-0.2, -0.15) is 0 Å². The molecule has 1 aromatic carbocycles. The Bertz CT molecular complexity index is 572. The van der Waals surface area contributed by atoms with Gasteiger partial charge in [0.25, 0.3) is 0 Å². The molecule has 18 heavy (non-hydrogen) atoms. The maximum Gasteiger partial charge on any atom is 0.136 e. The van der Waals surface area contributed by atoms with E-state index in [0.717, 1.165) is 5.69 Å². The van der Waals surface area contributed by atoms with Gasteiger partial charge in [-0.15, -0.1) is 0 Å². The molecule has 0 atom stereocenters. The Kier molecular flexibility index (Phi) is 3.89. The lowest BCUT2D eigenvalue weighted by atomic mass is 10.3. The van der Waals surface area contributed by atoms with Gasteiger partial charge in [0.2, 0.25) is 0 Å². The first kappa shape index (κ1) is 12.9. The molecular formula is C12H12Cl2N4. The molecule has 0 radical (unpaired) electrons. The van der Waals surface area contributed by atoms with Crippen LogP contribution in [0.2, 0.25) is 10.0 Å². The Labute approximate surface area is 115 Å². The van der Waals surface area contributed by atoms with E-state index in [-0.39, 0.29) is 0 Å². The molecule has 0 amide bonds. The molecule has 0 bridgehead atoms. The van der Waals surface area contributed by atoms with E-state index in [1.807, 2.05) is 6.92 Å². The van der Waals surface area contributed by atoms with E-state index in [1.54, 1.807) is 24.3 Å². The molecular weight excluding hydrogens is 271 g/mol. The first-order valence-electron chi connectivity index (χ1n) is 5.44. The molecule has 2 aromatic rings. The average Bonchev–Trinajstić information content (AvgIpc) is 2.32. The van der Waals surface area contributed by atoms with Crippen LogP contribution in [0.3, 0.4) is 0 Å². The van der Waals surface area contributed by atoms with Crippen molar-refractivity contribution in [2.45, 2.75) is 13.3 Å². The molecule has 94 valence electrons. The van der Waals surface area contributed by atoms with Crippen molar-refractivity contribution in [3.05, 3.63) is 40.1 Å². The van der Waals surface area contributed by atoms with Crippen molar-refractivity contribution in [2.75, 3.05) is 11.1 Å². The zero-order valence-electron chi connectivity index (χ0n) is 9.74. The van der Waals surface area contributed by atoms with Crippen molar-refractivity contribution in [2.24, 2.45) is 0 Å². The van der Waals surface area contributed by atoms with Crippen LogP contribution in [0, 0.1) is 0 Å². The normalized spacial score (nSPS) is 10.4. The van der Waals surface area contributed by atoms with E-state index in [4.69, 9.17) is 28.9 Å². The molecule has 1 aromatic heterocycles. The lowest BCUT2D eigenvalue weighted by Crippen LogP contribution is -2.02. The molecule has 0 aliphatic heterocycles. The molecule has 0 aliphatic carbocycles. The van der Waals surface area contributed by atoms with E-state index in [9.17, 15) is 0 Å². The zero-order valence-corrected chi connectivity index (χ0v) is 11.3.